The van der Waals surface area contributed by atoms with Gasteiger partial charge in [-0.1, -0.05) is 18.2 Å². The summed E-state index contributed by atoms with van der Waals surface area (Å²) in [6.07, 6.45) is 6.37. The fraction of sp³-hybridized carbons (Fsp3) is 0.158. The Kier molecular flexibility index (Phi) is 3.96. The molecule has 1 amide bonds. The Morgan fingerprint density at radius 2 is 2.08 bits per heavy atom. The highest BCUT2D eigenvalue weighted by atomic mass is 16.6. The van der Waals surface area contributed by atoms with Crippen LogP contribution in [0.25, 0.3) is 16.6 Å². The van der Waals surface area contributed by atoms with E-state index < -0.39 is 4.92 Å². The molecule has 1 aromatic carbocycles. The van der Waals surface area contributed by atoms with Crippen LogP contribution in [0, 0.1) is 10.1 Å². The van der Waals surface area contributed by atoms with Crippen LogP contribution < -0.4 is 0 Å². The number of para-hydroxylation sites is 1. The molecule has 0 bridgehead atoms. The van der Waals surface area contributed by atoms with E-state index in [4.69, 9.17) is 0 Å². The molecule has 0 saturated heterocycles. The van der Waals surface area contributed by atoms with Gasteiger partial charge in [-0.05, 0) is 30.2 Å². The number of benzene rings is 1. The molecule has 1 aliphatic rings. The summed E-state index contributed by atoms with van der Waals surface area (Å²) in [6.45, 7) is 0.941. The second-order valence-corrected chi connectivity index (χ2v) is 6.11. The second-order valence-electron chi connectivity index (χ2n) is 6.11. The number of fused-ring (bicyclic) bond motifs is 1. The van der Waals surface area contributed by atoms with Gasteiger partial charge in [0.25, 0.3) is 11.6 Å². The van der Waals surface area contributed by atoms with Gasteiger partial charge in [-0.15, -0.1) is 0 Å². The Labute approximate surface area is 149 Å². The molecule has 0 fully saturated rings. The van der Waals surface area contributed by atoms with Gasteiger partial charge in [0.15, 0.2) is 0 Å². The summed E-state index contributed by atoms with van der Waals surface area (Å²) in [5.74, 6) is -0.312. The summed E-state index contributed by atoms with van der Waals surface area (Å²) in [4.78, 5) is 32.4. The largest absolute Gasteiger partial charge is 0.346 e. The van der Waals surface area contributed by atoms with Crippen LogP contribution in [0.15, 0.2) is 54.9 Å². The van der Waals surface area contributed by atoms with E-state index in [-0.39, 0.29) is 17.2 Å². The number of nitro groups is 1. The molecular formula is C19H16N4O3. The van der Waals surface area contributed by atoms with Crippen molar-refractivity contribution in [1.82, 2.24) is 14.9 Å². The van der Waals surface area contributed by atoms with Gasteiger partial charge in [0.05, 0.1) is 4.92 Å². The van der Waals surface area contributed by atoms with E-state index in [1.807, 2.05) is 24.4 Å². The van der Waals surface area contributed by atoms with Crippen molar-refractivity contribution in [3.8, 4) is 0 Å². The topological polar surface area (TPSA) is 92.1 Å². The van der Waals surface area contributed by atoms with E-state index in [0.29, 0.717) is 19.5 Å². The van der Waals surface area contributed by atoms with E-state index in [2.05, 4.69) is 9.97 Å². The Morgan fingerprint density at radius 3 is 2.85 bits per heavy atom. The first kappa shape index (κ1) is 16.0. The van der Waals surface area contributed by atoms with Gasteiger partial charge in [0, 0.05) is 42.5 Å². The molecule has 0 atom stereocenters. The second kappa shape index (κ2) is 6.44. The highest BCUT2D eigenvalue weighted by molar-refractivity contribution is 5.99. The predicted octanol–water partition coefficient (Wildman–Crippen LogP) is 3.40. The monoisotopic (exact) mass is 348 g/mol. The van der Waals surface area contributed by atoms with Crippen LogP contribution in [0.5, 0.6) is 0 Å². The van der Waals surface area contributed by atoms with Crippen molar-refractivity contribution in [1.29, 1.82) is 0 Å². The molecule has 7 nitrogen and oxygen atoms in total. The number of hydrogen-bond donors (Lipinski definition) is 1. The quantitative estimate of drug-likeness (QED) is 0.580. The van der Waals surface area contributed by atoms with Gasteiger partial charge < -0.3 is 9.88 Å². The molecule has 3 aromatic rings. The molecular weight excluding hydrogens is 332 g/mol. The summed E-state index contributed by atoms with van der Waals surface area (Å²) in [6, 6.07) is 9.98. The average Bonchev–Trinajstić information content (AvgIpc) is 3.11. The molecule has 0 unspecified atom stereocenters. The van der Waals surface area contributed by atoms with Crippen LogP contribution in [-0.2, 0) is 0 Å². The smallest absolute Gasteiger partial charge is 0.282 e. The predicted molar refractivity (Wildman–Crippen MR) is 97.7 cm³/mol. The minimum atomic E-state index is -0.516. The molecule has 130 valence electrons. The Balaban J connectivity index is 1.58. The third-order valence-electron chi connectivity index (χ3n) is 4.62. The molecule has 0 aliphatic carbocycles. The van der Waals surface area contributed by atoms with Crippen molar-refractivity contribution < 1.29 is 9.72 Å². The van der Waals surface area contributed by atoms with Gasteiger partial charge in [0.2, 0.25) is 0 Å². The van der Waals surface area contributed by atoms with Gasteiger partial charge in [-0.3, -0.25) is 14.9 Å². The molecule has 1 N–H and O–H groups in total. The fourth-order valence-corrected chi connectivity index (χ4v) is 3.30. The zero-order valence-corrected chi connectivity index (χ0v) is 13.9. The lowest BCUT2D eigenvalue weighted by Gasteiger charge is -2.26. The maximum absolute atomic E-state index is 12.7. The SMILES string of the molecule is O=C(c1ccccc1[N+](=O)[O-])N1CC=C(c2c[nH]c3ncccc23)CC1. The number of carbonyl (C=O) groups is 1. The van der Waals surface area contributed by atoms with Gasteiger partial charge in [-0.2, -0.15) is 0 Å². The molecule has 2 aromatic heterocycles. The van der Waals surface area contributed by atoms with E-state index in [9.17, 15) is 14.9 Å². The fourth-order valence-electron chi connectivity index (χ4n) is 3.30. The maximum Gasteiger partial charge on any atom is 0.282 e. The minimum Gasteiger partial charge on any atom is -0.346 e. The van der Waals surface area contributed by atoms with Crippen LogP contribution in [-0.4, -0.2) is 38.8 Å². The first-order valence-corrected chi connectivity index (χ1v) is 8.29. The molecule has 7 heteroatoms. The lowest BCUT2D eigenvalue weighted by atomic mass is 9.99. The van der Waals surface area contributed by atoms with E-state index in [0.717, 1.165) is 22.2 Å². The first-order chi connectivity index (χ1) is 12.6. The van der Waals surface area contributed by atoms with Gasteiger partial charge >= 0.3 is 0 Å². The van der Waals surface area contributed by atoms with Crippen LogP contribution in [0.2, 0.25) is 0 Å². The number of amides is 1. The highest BCUT2D eigenvalue weighted by Crippen LogP contribution is 2.29. The highest BCUT2D eigenvalue weighted by Gasteiger charge is 2.26. The number of aromatic nitrogens is 2. The molecule has 0 saturated carbocycles. The zero-order chi connectivity index (χ0) is 18.1. The van der Waals surface area contributed by atoms with E-state index in [1.165, 1.54) is 12.1 Å². The number of H-pyrrole nitrogens is 1. The number of carbonyl (C=O) groups excluding carboxylic acids is 1. The lowest BCUT2D eigenvalue weighted by molar-refractivity contribution is -0.385. The van der Waals surface area contributed by atoms with Crippen molar-refractivity contribution in [2.24, 2.45) is 0 Å². The van der Waals surface area contributed by atoms with Crippen molar-refractivity contribution >= 4 is 28.2 Å². The molecule has 1 aliphatic heterocycles. The van der Waals surface area contributed by atoms with E-state index in [1.54, 1.807) is 23.2 Å². The normalized spacial score (nSPS) is 14.3. The lowest BCUT2D eigenvalue weighted by Crippen LogP contribution is -2.35. The summed E-state index contributed by atoms with van der Waals surface area (Å²) in [5, 5.41) is 12.2. The summed E-state index contributed by atoms with van der Waals surface area (Å²) < 4.78 is 0. The zero-order valence-electron chi connectivity index (χ0n) is 13.9. The van der Waals surface area contributed by atoms with Gasteiger partial charge in [0.1, 0.15) is 11.2 Å². The number of hydrogen-bond acceptors (Lipinski definition) is 4. The summed E-state index contributed by atoms with van der Waals surface area (Å²) >= 11 is 0. The first-order valence-electron chi connectivity index (χ1n) is 8.29. The maximum atomic E-state index is 12.7. The summed E-state index contributed by atoms with van der Waals surface area (Å²) in [7, 11) is 0. The number of pyridine rings is 1. The van der Waals surface area contributed by atoms with Crippen molar-refractivity contribution in [3.05, 3.63) is 76.1 Å². The molecule has 0 spiro atoms. The van der Waals surface area contributed by atoms with Crippen molar-refractivity contribution in [2.75, 3.05) is 13.1 Å². The standard InChI is InChI=1S/C19H16N4O3/c24-19(15-4-1-2-6-17(15)23(25)26)22-10-7-13(8-11-22)16-12-21-18-14(16)5-3-9-20-18/h1-7,9,12H,8,10-11H2,(H,20,21). The third-order valence-corrected chi connectivity index (χ3v) is 4.62. The third kappa shape index (κ3) is 2.73. The Hall–Kier alpha value is -3.48. The van der Waals surface area contributed by atoms with E-state index >= 15 is 0 Å². The van der Waals surface area contributed by atoms with Gasteiger partial charge in [-0.25, -0.2) is 4.98 Å². The van der Waals surface area contributed by atoms with Crippen molar-refractivity contribution in [2.45, 2.75) is 6.42 Å². The Morgan fingerprint density at radius 1 is 1.23 bits per heavy atom. The number of aromatic amines is 1. The number of rotatable bonds is 3. The minimum absolute atomic E-state index is 0.130. The Bertz CT molecular complexity index is 1040. The molecule has 3 heterocycles. The number of nitro benzene ring substituents is 1. The van der Waals surface area contributed by atoms with Crippen molar-refractivity contribution in [3.63, 3.8) is 0 Å². The molecule has 4 rings (SSSR count). The van der Waals surface area contributed by atoms with Crippen LogP contribution >= 0.6 is 0 Å². The average molecular weight is 348 g/mol. The number of nitrogens with zero attached hydrogens (tertiary/aromatic N) is 3. The van der Waals surface area contributed by atoms with Crippen LogP contribution in [0.3, 0.4) is 0 Å². The van der Waals surface area contributed by atoms with Crippen LogP contribution in [0.4, 0.5) is 5.69 Å². The summed E-state index contributed by atoms with van der Waals surface area (Å²) in [5.41, 5.74) is 3.05. The number of nitrogens with one attached hydrogen (secondary N) is 1. The van der Waals surface area contributed by atoms with Crippen LogP contribution in [0.1, 0.15) is 22.3 Å². The molecule has 26 heavy (non-hydrogen) atoms. The molecule has 0 radical (unpaired) electrons.